The van der Waals surface area contributed by atoms with Crippen LogP contribution in [-0.4, -0.2) is 15.7 Å². The molecule has 0 spiro atoms. The lowest BCUT2D eigenvalue weighted by Crippen LogP contribution is -2.32. The molecule has 1 amide bonds. The van der Waals surface area contributed by atoms with Gasteiger partial charge in [0, 0.05) is 28.4 Å². The Balaban J connectivity index is 1.96. The van der Waals surface area contributed by atoms with Crippen LogP contribution in [0.3, 0.4) is 0 Å². The summed E-state index contributed by atoms with van der Waals surface area (Å²) in [6.45, 7) is 4.05. The second kappa shape index (κ2) is 9.20. The van der Waals surface area contributed by atoms with Gasteiger partial charge in [0.05, 0.1) is 5.69 Å². The molecule has 160 valence electrons. The molecule has 3 aromatic carbocycles. The summed E-state index contributed by atoms with van der Waals surface area (Å²) in [5.74, 6) is -0.504. The molecule has 5 nitrogen and oxygen atoms in total. The van der Waals surface area contributed by atoms with Gasteiger partial charge in [-0.05, 0) is 37.1 Å². The van der Waals surface area contributed by atoms with Crippen molar-refractivity contribution in [2.24, 2.45) is 0 Å². The topological polar surface area (TPSA) is 64.0 Å². The van der Waals surface area contributed by atoms with Gasteiger partial charge in [-0.25, -0.2) is 4.68 Å². The summed E-state index contributed by atoms with van der Waals surface area (Å²) in [5.41, 5.74) is 3.66. The monoisotopic (exact) mass is 443 g/mol. The number of nitrogens with one attached hydrogen (secondary N) is 1. The smallest absolute Gasteiger partial charge is 0.280 e. The highest BCUT2D eigenvalue weighted by Gasteiger charge is 2.25. The molecule has 0 saturated carbocycles. The van der Waals surface area contributed by atoms with Crippen molar-refractivity contribution in [1.82, 2.24) is 9.78 Å². The normalized spacial score (nSPS) is 10.7. The number of hydrogen-bond donors (Lipinski definition) is 1. The number of aromatic nitrogens is 2. The molecular formula is C26H22ClN3O2. The van der Waals surface area contributed by atoms with Crippen LogP contribution in [0.4, 0.5) is 5.69 Å². The standard InChI is InChI=1S/C26H22ClN3O2/c1-3-30-26(32)23(25(31)28-20-15-14-17(2)21(27)16-20)22(18-10-6-4-7-11-18)24(29-30)19-12-8-5-9-13-19/h4-16H,3H2,1-2H3,(H,28,31). The second-order valence-corrected chi connectivity index (χ2v) is 7.78. The van der Waals surface area contributed by atoms with Crippen molar-refractivity contribution in [2.75, 3.05) is 5.32 Å². The molecule has 6 heteroatoms. The molecule has 1 N–H and O–H groups in total. The van der Waals surface area contributed by atoms with E-state index in [0.29, 0.717) is 28.5 Å². The van der Waals surface area contributed by atoms with Crippen LogP contribution in [-0.2, 0) is 6.54 Å². The lowest BCUT2D eigenvalue weighted by atomic mass is 9.95. The van der Waals surface area contributed by atoms with Crippen LogP contribution >= 0.6 is 11.6 Å². The summed E-state index contributed by atoms with van der Waals surface area (Å²) < 4.78 is 1.33. The van der Waals surface area contributed by atoms with Crippen LogP contribution in [0.1, 0.15) is 22.8 Å². The summed E-state index contributed by atoms with van der Waals surface area (Å²) >= 11 is 6.23. The number of halogens is 1. The number of aryl methyl sites for hydroxylation is 2. The molecule has 0 unspecified atom stereocenters. The second-order valence-electron chi connectivity index (χ2n) is 7.37. The van der Waals surface area contributed by atoms with E-state index in [1.807, 2.05) is 80.6 Å². The largest absolute Gasteiger partial charge is 0.322 e. The van der Waals surface area contributed by atoms with Crippen LogP contribution in [0.25, 0.3) is 22.4 Å². The zero-order valence-corrected chi connectivity index (χ0v) is 18.6. The number of rotatable bonds is 5. The van der Waals surface area contributed by atoms with Crippen molar-refractivity contribution in [1.29, 1.82) is 0 Å². The number of nitrogens with zero attached hydrogens (tertiary/aromatic N) is 2. The lowest BCUT2D eigenvalue weighted by Gasteiger charge is -2.17. The van der Waals surface area contributed by atoms with Crippen LogP contribution in [0.2, 0.25) is 5.02 Å². The van der Waals surface area contributed by atoms with Gasteiger partial charge in [-0.2, -0.15) is 5.10 Å². The summed E-state index contributed by atoms with van der Waals surface area (Å²) in [4.78, 5) is 26.8. The van der Waals surface area contributed by atoms with E-state index in [1.165, 1.54) is 4.68 Å². The van der Waals surface area contributed by atoms with Crippen molar-refractivity contribution in [3.63, 3.8) is 0 Å². The molecule has 4 rings (SSSR count). The van der Waals surface area contributed by atoms with Gasteiger partial charge < -0.3 is 5.32 Å². The fourth-order valence-corrected chi connectivity index (χ4v) is 3.72. The van der Waals surface area contributed by atoms with Gasteiger partial charge in [-0.15, -0.1) is 0 Å². The molecule has 0 aliphatic heterocycles. The first-order valence-electron chi connectivity index (χ1n) is 10.3. The average molecular weight is 444 g/mol. The third-order valence-corrected chi connectivity index (χ3v) is 5.63. The Morgan fingerprint density at radius 3 is 2.19 bits per heavy atom. The number of hydrogen-bond acceptors (Lipinski definition) is 3. The Kier molecular flexibility index (Phi) is 6.19. The molecule has 0 fully saturated rings. The molecule has 0 aliphatic rings. The predicted octanol–water partition coefficient (Wildman–Crippen LogP) is 5.81. The maximum Gasteiger partial charge on any atom is 0.280 e. The van der Waals surface area contributed by atoms with Crippen LogP contribution in [0.5, 0.6) is 0 Å². The van der Waals surface area contributed by atoms with E-state index in [0.717, 1.165) is 16.7 Å². The van der Waals surface area contributed by atoms with Crippen molar-refractivity contribution < 1.29 is 4.79 Å². The Hall–Kier alpha value is -3.70. The first kappa shape index (κ1) is 21.5. The summed E-state index contributed by atoms with van der Waals surface area (Å²) in [7, 11) is 0. The number of carbonyl (C=O) groups excluding carboxylic acids is 1. The average Bonchev–Trinajstić information content (AvgIpc) is 2.82. The SMILES string of the molecule is CCn1nc(-c2ccccc2)c(-c2ccccc2)c(C(=O)Nc2ccc(C)c(Cl)c2)c1=O. The van der Waals surface area contributed by atoms with E-state index < -0.39 is 11.5 Å². The minimum absolute atomic E-state index is 0.0450. The fourth-order valence-electron chi connectivity index (χ4n) is 3.54. The van der Waals surface area contributed by atoms with Gasteiger partial charge in [-0.3, -0.25) is 9.59 Å². The zero-order chi connectivity index (χ0) is 22.7. The van der Waals surface area contributed by atoms with E-state index in [2.05, 4.69) is 10.4 Å². The highest BCUT2D eigenvalue weighted by molar-refractivity contribution is 6.31. The third-order valence-electron chi connectivity index (χ3n) is 5.22. The van der Waals surface area contributed by atoms with Crippen molar-refractivity contribution in [2.45, 2.75) is 20.4 Å². The fraction of sp³-hybridized carbons (Fsp3) is 0.115. The summed E-state index contributed by atoms with van der Waals surface area (Å²) in [5, 5.41) is 8.00. The molecule has 0 radical (unpaired) electrons. The highest BCUT2D eigenvalue weighted by atomic mass is 35.5. The Bertz CT molecular complexity index is 1330. The van der Waals surface area contributed by atoms with Crippen molar-refractivity contribution in [3.05, 3.63) is 105 Å². The van der Waals surface area contributed by atoms with Gasteiger partial charge in [0.25, 0.3) is 11.5 Å². The quantitative estimate of drug-likeness (QED) is 0.423. The van der Waals surface area contributed by atoms with Gasteiger partial charge in [0.15, 0.2) is 0 Å². The predicted molar refractivity (Wildman–Crippen MR) is 129 cm³/mol. The van der Waals surface area contributed by atoms with Crippen molar-refractivity contribution >= 4 is 23.2 Å². The molecule has 0 atom stereocenters. The van der Waals surface area contributed by atoms with Gasteiger partial charge in [0.1, 0.15) is 5.56 Å². The molecule has 32 heavy (non-hydrogen) atoms. The van der Waals surface area contributed by atoms with Gasteiger partial charge >= 0.3 is 0 Å². The molecular weight excluding hydrogens is 422 g/mol. The Morgan fingerprint density at radius 1 is 0.969 bits per heavy atom. The third kappa shape index (κ3) is 4.20. The maximum absolute atomic E-state index is 13.5. The molecule has 0 bridgehead atoms. The first-order valence-corrected chi connectivity index (χ1v) is 10.7. The molecule has 0 saturated heterocycles. The van der Waals surface area contributed by atoms with Crippen LogP contribution in [0.15, 0.2) is 83.7 Å². The lowest BCUT2D eigenvalue weighted by molar-refractivity contribution is 0.102. The van der Waals surface area contributed by atoms with E-state index in [1.54, 1.807) is 12.1 Å². The summed E-state index contributed by atoms with van der Waals surface area (Å²) in [6, 6.07) is 24.2. The van der Waals surface area contributed by atoms with E-state index in [9.17, 15) is 9.59 Å². The molecule has 1 aromatic heterocycles. The number of amides is 1. The van der Waals surface area contributed by atoms with Gasteiger partial charge in [-0.1, -0.05) is 78.3 Å². The number of carbonyl (C=O) groups is 1. The Labute approximate surface area is 191 Å². The molecule has 0 aliphatic carbocycles. The maximum atomic E-state index is 13.5. The highest BCUT2D eigenvalue weighted by Crippen LogP contribution is 2.32. The van der Waals surface area contributed by atoms with Crippen LogP contribution < -0.4 is 10.9 Å². The van der Waals surface area contributed by atoms with Crippen LogP contribution in [0, 0.1) is 6.92 Å². The number of anilines is 1. The van der Waals surface area contributed by atoms with E-state index in [4.69, 9.17) is 11.6 Å². The van der Waals surface area contributed by atoms with E-state index >= 15 is 0 Å². The minimum Gasteiger partial charge on any atom is -0.322 e. The zero-order valence-electron chi connectivity index (χ0n) is 17.8. The number of benzene rings is 3. The minimum atomic E-state index is -0.504. The van der Waals surface area contributed by atoms with E-state index in [-0.39, 0.29) is 5.56 Å². The Morgan fingerprint density at radius 2 is 1.59 bits per heavy atom. The first-order chi connectivity index (χ1) is 15.5. The molecule has 4 aromatic rings. The van der Waals surface area contributed by atoms with Crippen molar-refractivity contribution in [3.8, 4) is 22.4 Å². The summed E-state index contributed by atoms with van der Waals surface area (Å²) in [6.07, 6.45) is 0. The van der Waals surface area contributed by atoms with Gasteiger partial charge in [0.2, 0.25) is 0 Å². The molecule has 1 heterocycles.